The summed E-state index contributed by atoms with van der Waals surface area (Å²) in [7, 11) is 0. The summed E-state index contributed by atoms with van der Waals surface area (Å²) < 4.78 is 31.5. The number of amides is 1. The molecule has 0 aliphatic rings. The Labute approximate surface area is 140 Å². The van der Waals surface area contributed by atoms with Gasteiger partial charge in [0.2, 0.25) is 5.91 Å². The topological polar surface area (TPSA) is 86.1 Å². The van der Waals surface area contributed by atoms with E-state index >= 15 is 0 Å². The number of carbonyl (C=O) groups excluding carboxylic acids is 2. The van der Waals surface area contributed by atoms with E-state index in [-0.39, 0.29) is 30.4 Å². The number of hydrogen-bond donors (Lipinski definition) is 1. The second-order valence-electron chi connectivity index (χ2n) is 4.84. The van der Waals surface area contributed by atoms with Crippen LogP contribution >= 0.6 is 11.3 Å². The monoisotopic (exact) mass is 358 g/mol. The molecule has 2 aromatic heterocycles. The van der Waals surface area contributed by atoms with Crippen LogP contribution < -0.4 is 5.32 Å². The number of ether oxygens (including phenoxy) is 1. The molecule has 2 heterocycles. The predicted molar refractivity (Wildman–Crippen MR) is 83.0 cm³/mol. The zero-order valence-corrected chi connectivity index (χ0v) is 13.9. The van der Waals surface area contributed by atoms with Crippen molar-refractivity contribution in [3.8, 4) is 0 Å². The van der Waals surface area contributed by atoms with E-state index in [1.807, 2.05) is 0 Å². The number of halogens is 2. The van der Waals surface area contributed by atoms with Gasteiger partial charge in [0, 0.05) is 5.38 Å². The number of nitrogens with one attached hydrogen (secondary N) is 1. The van der Waals surface area contributed by atoms with Gasteiger partial charge in [-0.15, -0.1) is 11.3 Å². The van der Waals surface area contributed by atoms with E-state index < -0.39 is 18.3 Å². The van der Waals surface area contributed by atoms with Gasteiger partial charge in [-0.2, -0.15) is 5.10 Å². The van der Waals surface area contributed by atoms with Gasteiger partial charge in [0.1, 0.15) is 12.2 Å². The second-order valence-corrected chi connectivity index (χ2v) is 5.70. The number of nitrogens with zero attached hydrogens (tertiary/aromatic N) is 3. The van der Waals surface area contributed by atoms with Crippen LogP contribution in [0.25, 0.3) is 0 Å². The Morgan fingerprint density at radius 1 is 1.46 bits per heavy atom. The third kappa shape index (κ3) is 4.82. The van der Waals surface area contributed by atoms with Crippen molar-refractivity contribution in [3.63, 3.8) is 0 Å². The third-order valence-electron chi connectivity index (χ3n) is 2.88. The molecule has 130 valence electrons. The highest BCUT2D eigenvalue weighted by atomic mass is 32.1. The standard InChI is InChI=1S/C14H16F2N4O3S/c1-3-23-12(22)5-9-7-24-14(17-9)18-11(21)6-20-10(13(15)16)4-8(2)19-20/h4,7,13H,3,5-6H2,1-2H3,(H,17,18,21). The summed E-state index contributed by atoms with van der Waals surface area (Å²) in [6, 6.07) is 1.23. The smallest absolute Gasteiger partial charge is 0.311 e. The van der Waals surface area contributed by atoms with Crippen molar-refractivity contribution in [1.82, 2.24) is 14.8 Å². The van der Waals surface area contributed by atoms with Crippen LogP contribution in [0.3, 0.4) is 0 Å². The average Bonchev–Trinajstić information content (AvgIpc) is 3.05. The molecule has 2 rings (SSSR count). The van der Waals surface area contributed by atoms with Crippen LogP contribution in [-0.4, -0.2) is 33.2 Å². The van der Waals surface area contributed by atoms with Crippen LogP contribution in [-0.2, 0) is 27.3 Å². The first-order chi connectivity index (χ1) is 11.4. The molecule has 0 aliphatic heterocycles. The van der Waals surface area contributed by atoms with Crippen molar-refractivity contribution in [2.24, 2.45) is 0 Å². The number of aromatic nitrogens is 3. The Hall–Kier alpha value is -2.36. The highest BCUT2D eigenvalue weighted by molar-refractivity contribution is 7.13. The molecule has 0 aromatic carbocycles. The Balaban J connectivity index is 1.96. The van der Waals surface area contributed by atoms with Gasteiger partial charge in [0.25, 0.3) is 6.43 Å². The summed E-state index contributed by atoms with van der Waals surface area (Å²) >= 11 is 1.14. The van der Waals surface area contributed by atoms with E-state index in [9.17, 15) is 18.4 Å². The molecule has 7 nitrogen and oxygen atoms in total. The van der Waals surface area contributed by atoms with Crippen molar-refractivity contribution < 1.29 is 23.1 Å². The Kier molecular flexibility index (Phi) is 5.96. The first-order valence-electron chi connectivity index (χ1n) is 7.11. The molecule has 2 aromatic rings. The fraction of sp³-hybridized carbons (Fsp3) is 0.429. The van der Waals surface area contributed by atoms with Crippen LogP contribution in [0, 0.1) is 6.92 Å². The lowest BCUT2D eigenvalue weighted by Gasteiger charge is -2.06. The summed E-state index contributed by atoms with van der Waals surface area (Å²) in [5.74, 6) is -0.939. The van der Waals surface area contributed by atoms with Crippen molar-refractivity contribution in [1.29, 1.82) is 0 Å². The van der Waals surface area contributed by atoms with Crippen LogP contribution in [0.1, 0.15) is 30.4 Å². The molecule has 0 atom stereocenters. The highest BCUT2D eigenvalue weighted by Gasteiger charge is 2.18. The number of aryl methyl sites for hydroxylation is 1. The van der Waals surface area contributed by atoms with Crippen LogP contribution in [0.15, 0.2) is 11.4 Å². The number of rotatable bonds is 7. The van der Waals surface area contributed by atoms with Gasteiger partial charge < -0.3 is 10.1 Å². The van der Waals surface area contributed by atoms with Crippen LogP contribution in [0.5, 0.6) is 0 Å². The first-order valence-corrected chi connectivity index (χ1v) is 7.99. The number of alkyl halides is 2. The molecule has 0 spiro atoms. The zero-order chi connectivity index (χ0) is 17.7. The van der Waals surface area contributed by atoms with Gasteiger partial charge in [0.15, 0.2) is 5.13 Å². The molecule has 0 radical (unpaired) electrons. The SMILES string of the molecule is CCOC(=O)Cc1csc(NC(=O)Cn2nc(C)cc2C(F)F)n1. The number of anilines is 1. The minimum absolute atomic E-state index is 0.00803. The van der Waals surface area contributed by atoms with Gasteiger partial charge in [0.05, 0.1) is 24.4 Å². The predicted octanol–water partition coefficient (Wildman–Crippen LogP) is 2.33. The molecule has 24 heavy (non-hydrogen) atoms. The maximum absolute atomic E-state index is 12.9. The lowest BCUT2D eigenvalue weighted by Crippen LogP contribution is -2.21. The van der Waals surface area contributed by atoms with E-state index in [1.165, 1.54) is 6.07 Å². The molecule has 0 bridgehead atoms. The molecular weight excluding hydrogens is 342 g/mol. The maximum atomic E-state index is 12.9. The van der Waals surface area contributed by atoms with E-state index in [0.717, 1.165) is 16.0 Å². The molecule has 0 aliphatic carbocycles. The summed E-state index contributed by atoms with van der Waals surface area (Å²) in [6.07, 6.45) is -2.70. The summed E-state index contributed by atoms with van der Waals surface area (Å²) in [6.45, 7) is 3.21. The van der Waals surface area contributed by atoms with E-state index in [2.05, 4.69) is 15.4 Å². The largest absolute Gasteiger partial charge is 0.466 e. The lowest BCUT2D eigenvalue weighted by atomic mass is 10.3. The Morgan fingerprint density at radius 2 is 2.21 bits per heavy atom. The molecule has 1 amide bonds. The number of hydrogen-bond acceptors (Lipinski definition) is 6. The minimum Gasteiger partial charge on any atom is -0.466 e. The summed E-state index contributed by atoms with van der Waals surface area (Å²) in [4.78, 5) is 27.4. The van der Waals surface area contributed by atoms with Crippen molar-refractivity contribution in [3.05, 3.63) is 28.5 Å². The number of esters is 1. The first kappa shape index (κ1) is 18.0. The van der Waals surface area contributed by atoms with Gasteiger partial charge >= 0.3 is 5.97 Å². The van der Waals surface area contributed by atoms with E-state index in [1.54, 1.807) is 19.2 Å². The van der Waals surface area contributed by atoms with Gasteiger partial charge in [-0.25, -0.2) is 13.8 Å². The maximum Gasteiger partial charge on any atom is 0.311 e. The van der Waals surface area contributed by atoms with E-state index in [0.29, 0.717) is 11.4 Å². The Morgan fingerprint density at radius 3 is 2.88 bits per heavy atom. The molecule has 1 N–H and O–H groups in total. The normalized spacial score (nSPS) is 10.9. The average molecular weight is 358 g/mol. The van der Waals surface area contributed by atoms with Gasteiger partial charge in [-0.3, -0.25) is 14.3 Å². The minimum atomic E-state index is -2.71. The molecule has 0 fully saturated rings. The molecule has 0 unspecified atom stereocenters. The molecule has 0 saturated heterocycles. The lowest BCUT2D eigenvalue weighted by molar-refractivity contribution is -0.142. The quantitative estimate of drug-likeness (QED) is 0.768. The van der Waals surface area contributed by atoms with Crippen LogP contribution in [0.2, 0.25) is 0 Å². The summed E-state index contributed by atoms with van der Waals surface area (Å²) in [5.41, 5.74) is 0.561. The zero-order valence-electron chi connectivity index (χ0n) is 13.1. The van der Waals surface area contributed by atoms with Gasteiger partial charge in [-0.05, 0) is 19.9 Å². The van der Waals surface area contributed by atoms with Crippen molar-refractivity contribution in [2.75, 3.05) is 11.9 Å². The summed E-state index contributed by atoms with van der Waals surface area (Å²) in [5, 5.41) is 8.28. The van der Waals surface area contributed by atoms with Crippen molar-refractivity contribution in [2.45, 2.75) is 33.2 Å². The molecule has 10 heteroatoms. The third-order valence-corrected chi connectivity index (χ3v) is 3.69. The highest BCUT2D eigenvalue weighted by Crippen LogP contribution is 2.20. The molecular formula is C14H16F2N4O3S. The second kappa shape index (κ2) is 7.95. The number of carbonyl (C=O) groups is 2. The Bertz CT molecular complexity index is 729. The van der Waals surface area contributed by atoms with E-state index in [4.69, 9.17) is 4.74 Å². The number of thiazole rings is 1. The van der Waals surface area contributed by atoms with Crippen LogP contribution in [0.4, 0.5) is 13.9 Å². The van der Waals surface area contributed by atoms with Gasteiger partial charge in [-0.1, -0.05) is 0 Å². The van der Waals surface area contributed by atoms with Crippen molar-refractivity contribution >= 4 is 28.3 Å². The molecule has 0 saturated carbocycles. The fourth-order valence-electron chi connectivity index (χ4n) is 1.97. The fourth-order valence-corrected chi connectivity index (χ4v) is 2.69.